The molecule has 0 atom stereocenters. The minimum atomic E-state index is 0.538. The quantitative estimate of drug-likeness (QED) is 0.566. The first-order chi connectivity index (χ1) is 12.2. The predicted octanol–water partition coefficient (Wildman–Crippen LogP) is 5.58. The van der Waals surface area contributed by atoms with Gasteiger partial charge >= 0.3 is 0 Å². The number of nitriles is 1. The minimum absolute atomic E-state index is 0.538. The normalized spacial score (nSPS) is 11.2. The first-order valence-corrected chi connectivity index (χ1v) is 8.95. The van der Waals surface area contributed by atoms with Gasteiger partial charge < -0.3 is 4.74 Å². The Balaban J connectivity index is 1.95. The van der Waals surface area contributed by atoms with E-state index in [1.165, 1.54) is 16.9 Å². The SMILES string of the molecule is CCOc1ccccc1/C=C(\C#N)c1nc(-c2ccc(C)cc2)cs1. The number of aryl methyl sites for hydroxylation is 1. The number of hydrogen-bond donors (Lipinski definition) is 0. The molecule has 0 bridgehead atoms. The second-order valence-corrected chi connectivity index (χ2v) is 6.40. The molecule has 0 aliphatic heterocycles. The van der Waals surface area contributed by atoms with Crippen LogP contribution in [-0.2, 0) is 0 Å². The van der Waals surface area contributed by atoms with Gasteiger partial charge in [-0.15, -0.1) is 11.3 Å². The van der Waals surface area contributed by atoms with Crippen molar-refractivity contribution < 1.29 is 4.74 Å². The lowest BCUT2D eigenvalue weighted by molar-refractivity contribution is 0.339. The zero-order valence-electron chi connectivity index (χ0n) is 14.2. The Labute approximate surface area is 151 Å². The molecule has 0 N–H and O–H groups in total. The van der Waals surface area contributed by atoms with E-state index in [-0.39, 0.29) is 0 Å². The van der Waals surface area contributed by atoms with Crippen LogP contribution in [0.4, 0.5) is 0 Å². The van der Waals surface area contributed by atoms with E-state index in [4.69, 9.17) is 4.74 Å². The van der Waals surface area contributed by atoms with Crippen LogP contribution in [-0.4, -0.2) is 11.6 Å². The van der Waals surface area contributed by atoms with Gasteiger partial charge in [0.1, 0.15) is 16.8 Å². The number of hydrogen-bond acceptors (Lipinski definition) is 4. The third-order valence-electron chi connectivity index (χ3n) is 3.72. The lowest BCUT2D eigenvalue weighted by Gasteiger charge is -2.06. The number of thiazole rings is 1. The van der Waals surface area contributed by atoms with Crippen LogP contribution in [0, 0.1) is 18.3 Å². The summed E-state index contributed by atoms with van der Waals surface area (Å²) >= 11 is 1.48. The van der Waals surface area contributed by atoms with Crippen molar-refractivity contribution in [3.63, 3.8) is 0 Å². The summed E-state index contributed by atoms with van der Waals surface area (Å²) in [6.45, 7) is 4.59. The van der Waals surface area contributed by atoms with Crippen LogP contribution in [0.5, 0.6) is 5.75 Å². The number of allylic oxidation sites excluding steroid dienone is 1. The lowest BCUT2D eigenvalue weighted by atomic mass is 10.1. The summed E-state index contributed by atoms with van der Waals surface area (Å²) in [5.74, 6) is 0.771. The Hall–Kier alpha value is -2.90. The highest BCUT2D eigenvalue weighted by Crippen LogP contribution is 2.29. The zero-order chi connectivity index (χ0) is 17.6. The van der Waals surface area contributed by atoms with Crippen LogP contribution in [0.1, 0.15) is 23.1 Å². The standard InChI is InChI=1S/C21H18N2OS/c1-3-24-20-7-5-4-6-17(20)12-18(13-22)21-23-19(14-25-21)16-10-8-15(2)9-11-16/h4-12,14H,3H2,1-2H3/b18-12+. The molecule has 0 fully saturated rings. The van der Waals surface area contributed by atoms with E-state index in [1.807, 2.05) is 54.8 Å². The number of aromatic nitrogens is 1. The molecule has 2 aromatic carbocycles. The second-order valence-electron chi connectivity index (χ2n) is 5.54. The molecule has 0 amide bonds. The van der Waals surface area contributed by atoms with Gasteiger partial charge in [0.15, 0.2) is 0 Å². The van der Waals surface area contributed by atoms with E-state index in [1.54, 1.807) is 0 Å². The van der Waals surface area contributed by atoms with Gasteiger partial charge in [0, 0.05) is 16.5 Å². The second kappa shape index (κ2) is 7.78. The Morgan fingerprint density at radius 3 is 2.68 bits per heavy atom. The maximum absolute atomic E-state index is 9.59. The number of nitrogens with zero attached hydrogens (tertiary/aromatic N) is 2. The molecule has 1 heterocycles. The zero-order valence-corrected chi connectivity index (χ0v) is 15.0. The summed E-state index contributed by atoms with van der Waals surface area (Å²) < 4.78 is 5.63. The summed E-state index contributed by atoms with van der Waals surface area (Å²) in [5, 5.41) is 12.3. The van der Waals surface area contributed by atoms with Gasteiger partial charge in [-0.3, -0.25) is 0 Å². The maximum atomic E-state index is 9.59. The highest BCUT2D eigenvalue weighted by atomic mass is 32.1. The van der Waals surface area contributed by atoms with Gasteiger partial charge in [-0.05, 0) is 26.0 Å². The third-order valence-corrected chi connectivity index (χ3v) is 4.60. The molecule has 0 radical (unpaired) electrons. The maximum Gasteiger partial charge on any atom is 0.134 e. The van der Waals surface area contributed by atoms with Crippen LogP contribution < -0.4 is 4.74 Å². The van der Waals surface area contributed by atoms with E-state index in [0.29, 0.717) is 17.2 Å². The van der Waals surface area contributed by atoms with Crippen molar-refractivity contribution >= 4 is 23.0 Å². The topological polar surface area (TPSA) is 45.9 Å². The van der Waals surface area contributed by atoms with Crippen LogP contribution in [0.2, 0.25) is 0 Å². The highest BCUT2D eigenvalue weighted by Gasteiger charge is 2.10. The Morgan fingerprint density at radius 2 is 1.96 bits per heavy atom. The first-order valence-electron chi connectivity index (χ1n) is 8.08. The van der Waals surface area contributed by atoms with E-state index >= 15 is 0 Å². The number of benzene rings is 2. The van der Waals surface area contributed by atoms with E-state index < -0.39 is 0 Å². The molecular formula is C21H18N2OS. The monoisotopic (exact) mass is 346 g/mol. The van der Waals surface area contributed by atoms with Gasteiger partial charge in [-0.25, -0.2) is 4.98 Å². The molecule has 124 valence electrons. The van der Waals surface area contributed by atoms with Crippen molar-refractivity contribution in [1.29, 1.82) is 5.26 Å². The third kappa shape index (κ3) is 3.96. The van der Waals surface area contributed by atoms with Gasteiger partial charge in [0.05, 0.1) is 17.9 Å². The van der Waals surface area contributed by atoms with Crippen LogP contribution in [0.25, 0.3) is 22.9 Å². The number of para-hydroxylation sites is 1. The molecule has 0 unspecified atom stereocenters. The summed E-state index contributed by atoms with van der Waals surface area (Å²) in [4.78, 5) is 4.64. The molecule has 0 saturated heterocycles. The van der Waals surface area contributed by atoms with Crippen molar-refractivity contribution in [1.82, 2.24) is 4.98 Å². The number of ether oxygens (including phenoxy) is 1. The van der Waals surface area contributed by atoms with E-state index in [9.17, 15) is 5.26 Å². The molecule has 0 aliphatic carbocycles. The van der Waals surface area contributed by atoms with Crippen LogP contribution >= 0.6 is 11.3 Å². The Kier molecular flexibility index (Phi) is 5.27. The molecule has 3 nitrogen and oxygen atoms in total. The first kappa shape index (κ1) is 16.9. The summed E-state index contributed by atoms with van der Waals surface area (Å²) in [5.41, 5.74) is 4.58. The fraction of sp³-hybridized carbons (Fsp3) is 0.143. The molecule has 0 spiro atoms. The molecule has 0 saturated carbocycles. The van der Waals surface area contributed by atoms with Crippen LogP contribution in [0.3, 0.4) is 0 Å². The molecule has 3 aromatic rings. The molecular weight excluding hydrogens is 328 g/mol. The van der Waals surface area contributed by atoms with Crippen molar-refractivity contribution in [2.75, 3.05) is 6.61 Å². The van der Waals surface area contributed by atoms with E-state index in [2.05, 4.69) is 30.1 Å². The minimum Gasteiger partial charge on any atom is -0.493 e. The smallest absolute Gasteiger partial charge is 0.134 e. The predicted molar refractivity (Wildman–Crippen MR) is 103 cm³/mol. The molecule has 0 aliphatic rings. The van der Waals surface area contributed by atoms with E-state index in [0.717, 1.165) is 22.6 Å². The summed E-state index contributed by atoms with van der Waals surface area (Å²) in [6.07, 6.45) is 1.84. The number of rotatable bonds is 5. The average Bonchev–Trinajstić information content (AvgIpc) is 3.11. The van der Waals surface area contributed by atoms with Crippen molar-refractivity contribution in [2.24, 2.45) is 0 Å². The summed E-state index contributed by atoms with van der Waals surface area (Å²) in [6, 6.07) is 18.2. The summed E-state index contributed by atoms with van der Waals surface area (Å²) in [7, 11) is 0. The van der Waals surface area contributed by atoms with Crippen molar-refractivity contribution in [3.05, 3.63) is 70.0 Å². The molecule has 3 rings (SSSR count). The molecule has 4 heteroatoms. The average molecular weight is 346 g/mol. The van der Waals surface area contributed by atoms with Gasteiger partial charge in [0.25, 0.3) is 0 Å². The highest BCUT2D eigenvalue weighted by molar-refractivity contribution is 7.11. The van der Waals surface area contributed by atoms with Crippen molar-refractivity contribution in [3.8, 4) is 23.1 Å². The van der Waals surface area contributed by atoms with Crippen molar-refractivity contribution in [2.45, 2.75) is 13.8 Å². The van der Waals surface area contributed by atoms with Crippen LogP contribution in [0.15, 0.2) is 53.9 Å². The van der Waals surface area contributed by atoms with Gasteiger partial charge in [0.2, 0.25) is 0 Å². The molecule has 1 aromatic heterocycles. The fourth-order valence-corrected chi connectivity index (χ4v) is 3.23. The van der Waals surface area contributed by atoms with Gasteiger partial charge in [-0.2, -0.15) is 5.26 Å². The lowest BCUT2D eigenvalue weighted by Crippen LogP contribution is -1.93. The Bertz CT molecular complexity index is 933. The largest absolute Gasteiger partial charge is 0.493 e. The Morgan fingerprint density at radius 1 is 1.20 bits per heavy atom. The fourth-order valence-electron chi connectivity index (χ4n) is 2.44. The van der Waals surface area contributed by atoms with Gasteiger partial charge in [-0.1, -0.05) is 48.0 Å². The molecule has 25 heavy (non-hydrogen) atoms.